The van der Waals surface area contributed by atoms with Crippen LogP contribution in [0.2, 0.25) is 0 Å². The van der Waals surface area contributed by atoms with Crippen LogP contribution in [0, 0.1) is 11.8 Å². The molecule has 0 bridgehead atoms. The van der Waals surface area contributed by atoms with Gasteiger partial charge in [-0.1, -0.05) is 0 Å². The van der Waals surface area contributed by atoms with Crippen molar-refractivity contribution in [2.24, 2.45) is 17.6 Å². The lowest BCUT2D eigenvalue weighted by Crippen LogP contribution is -2.33. The van der Waals surface area contributed by atoms with Gasteiger partial charge in [-0.3, -0.25) is 9.59 Å². The van der Waals surface area contributed by atoms with Crippen LogP contribution in [-0.2, 0) is 9.59 Å². The van der Waals surface area contributed by atoms with Crippen LogP contribution in [0.5, 0.6) is 0 Å². The van der Waals surface area contributed by atoms with E-state index in [0.29, 0.717) is 6.42 Å². The van der Waals surface area contributed by atoms with Gasteiger partial charge in [0.15, 0.2) is 0 Å². The van der Waals surface area contributed by atoms with E-state index in [-0.39, 0.29) is 5.92 Å². The first-order chi connectivity index (χ1) is 5.04. The van der Waals surface area contributed by atoms with Crippen LogP contribution in [0.3, 0.4) is 0 Å². The molecular formula is C6H9NO4. The van der Waals surface area contributed by atoms with E-state index in [1.807, 2.05) is 0 Å². The molecule has 0 aliphatic heterocycles. The first-order valence-corrected chi connectivity index (χ1v) is 3.25. The Morgan fingerprint density at radius 2 is 2.00 bits per heavy atom. The third-order valence-electron chi connectivity index (χ3n) is 1.90. The highest BCUT2D eigenvalue weighted by Gasteiger charge is 2.49. The molecule has 0 spiro atoms. The Labute approximate surface area is 62.8 Å². The van der Waals surface area contributed by atoms with E-state index in [1.165, 1.54) is 0 Å². The smallest absolute Gasteiger partial charge is 0.320 e. The Kier molecular flexibility index (Phi) is 1.82. The number of rotatable bonds is 3. The van der Waals surface area contributed by atoms with E-state index in [1.54, 1.807) is 0 Å². The van der Waals surface area contributed by atoms with Gasteiger partial charge in [-0.05, 0) is 12.3 Å². The Morgan fingerprint density at radius 1 is 1.45 bits per heavy atom. The molecule has 0 radical (unpaired) electrons. The van der Waals surface area contributed by atoms with Gasteiger partial charge in [-0.15, -0.1) is 0 Å². The molecule has 5 heteroatoms. The van der Waals surface area contributed by atoms with Crippen LogP contribution >= 0.6 is 0 Å². The van der Waals surface area contributed by atoms with E-state index in [4.69, 9.17) is 15.9 Å². The van der Waals surface area contributed by atoms with Crippen LogP contribution in [0.25, 0.3) is 0 Å². The summed E-state index contributed by atoms with van der Waals surface area (Å²) in [5.74, 6) is -2.99. The van der Waals surface area contributed by atoms with Crippen molar-refractivity contribution in [2.75, 3.05) is 0 Å². The SMILES string of the molecule is N[C@H](C(=O)O)C1C[C@@H]1C(=O)O. The van der Waals surface area contributed by atoms with E-state index >= 15 is 0 Å². The highest BCUT2D eigenvalue weighted by molar-refractivity contribution is 5.79. The minimum absolute atomic E-state index is 0.370. The maximum Gasteiger partial charge on any atom is 0.320 e. The average Bonchev–Trinajstić information content (AvgIpc) is 2.63. The van der Waals surface area contributed by atoms with Crippen LogP contribution in [0.4, 0.5) is 0 Å². The standard InChI is InChI=1S/C6H9NO4/c7-4(6(10)11)2-1-3(2)5(8)9/h2-4H,1,7H2,(H,8,9)(H,10,11)/t2?,3-,4-/m0/s1. The van der Waals surface area contributed by atoms with Crippen molar-refractivity contribution in [3.05, 3.63) is 0 Å². The predicted octanol–water partition coefficient (Wildman–Crippen LogP) is -0.881. The molecule has 0 aromatic heterocycles. The summed E-state index contributed by atoms with van der Waals surface area (Å²) in [6.07, 6.45) is 0.392. The molecule has 5 nitrogen and oxygen atoms in total. The summed E-state index contributed by atoms with van der Waals surface area (Å²) >= 11 is 0. The van der Waals surface area contributed by atoms with Crippen molar-refractivity contribution in [1.29, 1.82) is 0 Å². The molecule has 62 valence electrons. The lowest BCUT2D eigenvalue weighted by Gasteiger charge is -2.01. The second-order valence-electron chi connectivity index (χ2n) is 2.71. The molecule has 0 aromatic carbocycles. The fourth-order valence-electron chi connectivity index (χ4n) is 1.08. The third-order valence-corrected chi connectivity index (χ3v) is 1.90. The summed E-state index contributed by atoms with van der Waals surface area (Å²) in [6.45, 7) is 0. The number of carbonyl (C=O) groups is 2. The summed E-state index contributed by atoms with van der Waals surface area (Å²) in [5.41, 5.74) is 5.19. The topological polar surface area (TPSA) is 101 Å². The van der Waals surface area contributed by atoms with Crippen molar-refractivity contribution < 1.29 is 19.8 Å². The minimum Gasteiger partial charge on any atom is -0.481 e. The van der Waals surface area contributed by atoms with Gasteiger partial charge in [0, 0.05) is 0 Å². The lowest BCUT2D eigenvalue weighted by atomic mass is 10.1. The summed E-state index contributed by atoms with van der Waals surface area (Å²) in [7, 11) is 0. The molecule has 11 heavy (non-hydrogen) atoms. The second kappa shape index (κ2) is 2.50. The monoisotopic (exact) mass is 159 g/mol. The normalized spacial score (nSPS) is 31.0. The van der Waals surface area contributed by atoms with E-state index < -0.39 is 23.9 Å². The minimum atomic E-state index is -1.13. The van der Waals surface area contributed by atoms with Crippen molar-refractivity contribution in [2.45, 2.75) is 12.5 Å². The number of nitrogens with two attached hydrogens (primary N) is 1. The first-order valence-electron chi connectivity index (χ1n) is 3.25. The molecule has 3 atom stereocenters. The lowest BCUT2D eigenvalue weighted by molar-refractivity contribution is -0.140. The molecule has 1 unspecified atom stereocenters. The van der Waals surface area contributed by atoms with Crippen molar-refractivity contribution in [3.63, 3.8) is 0 Å². The number of hydrogen-bond acceptors (Lipinski definition) is 3. The summed E-state index contributed by atoms with van der Waals surface area (Å²) in [4.78, 5) is 20.5. The number of aliphatic carboxylic acids is 2. The molecule has 4 N–H and O–H groups in total. The van der Waals surface area contributed by atoms with Crippen molar-refractivity contribution in [1.82, 2.24) is 0 Å². The Morgan fingerprint density at radius 3 is 2.27 bits per heavy atom. The van der Waals surface area contributed by atoms with Crippen LogP contribution in [0.15, 0.2) is 0 Å². The molecule has 0 amide bonds. The largest absolute Gasteiger partial charge is 0.481 e. The number of carboxylic acids is 2. The molecule has 1 rings (SSSR count). The zero-order valence-corrected chi connectivity index (χ0v) is 5.73. The van der Waals surface area contributed by atoms with Gasteiger partial charge in [-0.25, -0.2) is 0 Å². The fraction of sp³-hybridized carbons (Fsp3) is 0.667. The fourth-order valence-corrected chi connectivity index (χ4v) is 1.08. The van der Waals surface area contributed by atoms with Gasteiger partial charge in [0.1, 0.15) is 6.04 Å². The Balaban J connectivity index is 2.43. The van der Waals surface area contributed by atoms with Gasteiger partial charge in [0.05, 0.1) is 5.92 Å². The third kappa shape index (κ3) is 1.48. The molecule has 1 fully saturated rings. The molecule has 1 aliphatic carbocycles. The Hall–Kier alpha value is -1.10. The molecule has 0 heterocycles. The molecular weight excluding hydrogens is 150 g/mol. The van der Waals surface area contributed by atoms with Gasteiger partial charge >= 0.3 is 11.9 Å². The zero-order chi connectivity index (χ0) is 8.59. The van der Waals surface area contributed by atoms with Crippen LogP contribution < -0.4 is 5.73 Å². The summed E-state index contributed by atoms with van der Waals surface area (Å²) in [6, 6.07) is -1.02. The highest BCUT2D eigenvalue weighted by Crippen LogP contribution is 2.40. The van der Waals surface area contributed by atoms with E-state index in [9.17, 15) is 9.59 Å². The second-order valence-corrected chi connectivity index (χ2v) is 2.71. The van der Waals surface area contributed by atoms with Gasteiger partial charge in [0.25, 0.3) is 0 Å². The van der Waals surface area contributed by atoms with Crippen molar-refractivity contribution >= 4 is 11.9 Å². The quantitative estimate of drug-likeness (QED) is 0.496. The summed E-state index contributed by atoms with van der Waals surface area (Å²) < 4.78 is 0. The van der Waals surface area contributed by atoms with E-state index in [2.05, 4.69) is 0 Å². The first kappa shape index (κ1) is 8.00. The van der Waals surface area contributed by atoms with Crippen LogP contribution in [0.1, 0.15) is 6.42 Å². The van der Waals surface area contributed by atoms with E-state index in [0.717, 1.165) is 0 Å². The van der Waals surface area contributed by atoms with Gasteiger partial charge in [-0.2, -0.15) is 0 Å². The highest BCUT2D eigenvalue weighted by atomic mass is 16.4. The maximum atomic E-state index is 10.3. The Bertz CT molecular complexity index is 203. The predicted molar refractivity (Wildman–Crippen MR) is 34.8 cm³/mol. The molecule has 0 saturated heterocycles. The molecule has 0 aromatic rings. The number of carboxylic acid groups (broad SMARTS) is 2. The number of hydrogen-bond donors (Lipinski definition) is 3. The molecule has 1 saturated carbocycles. The van der Waals surface area contributed by atoms with Gasteiger partial charge < -0.3 is 15.9 Å². The van der Waals surface area contributed by atoms with Gasteiger partial charge in [0.2, 0.25) is 0 Å². The summed E-state index contributed by atoms with van der Waals surface area (Å²) in [5, 5.41) is 16.8. The van der Waals surface area contributed by atoms with Crippen LogP contribution in [-0.4, -0.2) is 28.2 Å². The zero-order valence-electron chi connectivity index (χ0n) is 5.73. The average molecular weight is 159 g/mol. The molecule has 1 aliphatic rings. The van der Waals surface area contributed by atoms with Crippen molar-refractivity contribution in [3.8, 4) is 0 Å². The maximum absolute atomic E-state index is 10.3.